The molecule has 100 valence electrons. The van der Waals surface area contributed by atoms with Crippen molar-refractivity contribution < 1.29 is 5.11 Å². The molecule has 0 fully saturated rings. The molecule has 0 bridgehead atoms. The first-order valence-electron chi connectivity index (χ1n) is 6.98. The highest BCUT2D eigenvalue weighted by Crippen LogP contribution is 2.48. The summed E-state index contributed by atoms with van der Waals surface area (Å²) in [6.07, 6.45) is 2.57. The summed E-state index contributed by atoms with van der Waals surface area (Å²) >= 11 is 0. The largest absolute Gasteiger partial charge is 0.389 e. The second-order valence-electron chi connectivity index (χ2n) is 6.04. The summed E-state index contributed by atoms with van der Waals surface area (Å²) in [6, 6.07) is 8.49. The van der Waals surface area contributed by atoms with Crippen LogP contribution in [0.15, 0.2) is 24.3 Å². The molecule has 0 saturated heterocycles. The minimum Gasteiger partial charge on any atom is -0.389 e. The van der Waals surface area contributed by atoms with Crippen LogP contribution in [0.4, 0.5) is 0 Å². The zero-order valence-corrected chi connectivity index (χ0v) is 11.7. The van der Waals surface area contributed by atoms with Crippen LogP contribution in [0.5, 0.6) is 0 Å². The highest BCUT2D eigenvalue weighted by atomic mass is 16.3. The molecule has 0 saturated carbocycles. The van der Waals surface area contributed by atoms with Gasteiger partial charge in [-0.25, -0.2) is 0 Å². The first kappa shape index (κ1) is 13.6. The van der Waals surface area contributed by atoms with Crippen LogP contribution < -0.4 is 5.73 Å². The summed E-state index contributed by atoms with van der Waals surface area (Å²) in [4.78, 5) is 0. The van der Waals surface area contributed by atoms with Gasteiger partial charge in [0, 0.05) is 12.0 Å². The van der Waals surface area contributed by atoms with Crippen LogP contribution in [-0.2, 0) is 12.8 Å². The van der Waals surface area contributed by atoms with E-state index in [4.69, 9.17) is 5.73 Å². The molecule has 0 heterocycles. The van der Waals surface area contributed by atoms with Crippen LogP contribution in [0.3, 0.4) is 0 Å². The predicted molar refractivity (Wildman–Crippen MR) is 75.4 cm³/mol. The molecule has 1 atom stereocenters. The van der Waals surface area contributed by atoms with Crippen molar-refractivity contribution in [1.82, 2.24) is 0 Å². The Hall–Kier alpha value is -0.860. The minimum absolute atomic E-state index is 0.195. The van der Waals surface area contributed by atoms with E-state index in [9.17, 15) is 5.11 Å². The van der Waals surface area contributed by atoms with E-state index in [-0.39, 0.29) is 11.3 Å². The summed E-state index contributed by atoms with van der Waals surface area (Å²) in [7, 11) is 0. The van der Waals surface area contributed by atoms with Gasteiger partial charge in [0.25, 0.3) is 0 Å². The number of aliphatic hydroxyl groups is 1. The maximum absolute atomic E-state index is 11.1. The normalized spacial score (nSPS) is 20.8. The summed E-state index contributed by atoms with van der Waals surface area (Å²) in [5.41, 5.74) is 7.93. The third kappa shape index (κ3) is 1.79. The van der Waals surface area contributed by atoms with Gasteiger partial charge in [-0.3, -0.25) is 0 Å². The van der Waals surface area contributed by atoms with Crippen molar-refractivity contribution >= 4 is 0 Å². The van der Waals surface area contributed by atoms with Crippen molar-refractivity contribution in [3.63, 3.8) is 0 Å². The van der Waals surface area contributed by atoms with Gasteiger partial charge in [-0.15, -0.1) is 0 Å². The highest BCUT2D eigenvalue weighted by molar-refractivity contribution is 5.36. The van der Waals surface area contributed by atoms with Crippen molar-refractivity contribution in [3.05, 3.63) is 35.4 Å². The average Bonchev–Trinajstić information content (AvgIpc) is 2.77. The molecular weight excluding hydrogens is 222 g/mol. The van der Waals surface area contributed by atoms with Crippen LogP contribution in [0, 0.1) is 11.3 Å². The zero-order valence-electron chi connectivity index (χ0n) is 11.7. The Bertz CT molecular complexity index is 402. The molecule has 1 aliphatic carbocycles. The maximum atomic E-state index is 11.1. The predicted octanol–water partition coefficient (Wildman–Crippen LogP) is 2.53. The number of hydrogen-bond acceptors (Lipinski definition) is 2. The molecule has 0 aliphatic heterocycles. The van der Waals surface area contributed by atoms with Gasteiger partial charge >= 0.3 is 0 Å². The van der Waals surface area contributed by atoms with Gasteiger partial charge in [-0.1, -0.05) is 45.0 Å². The Morgan fingerprint density at radius 3 is 2.11 bits per heavy atom. The molecule has 1 aliphatic rings. The third-order valence-corrected chi connectivity index (χ3v) is 4.98. The van der Waals surface area contributed by atoms with Gasteiger partial charge < -0.3 is 10.8 Å². The van der Waals surface area contributed by atoms with Crippen LogP contribution >= 0.6 is 0 Å². The molecule has 0 radical (unpaired) electrons. The number of hydrogen-bond donors (Lipinski definition) is 2. The molecule has 1 unspecified atom stereocenters. The molecule has 0 amide bonds. The zero-order chi connectivity index (χ0) is 13.4. The van der Waals surface area contributed by atoms with Gasteiger partial charge in [0.2, 0.25) is 0 Å². The lowest BCUT2D eigenvalue weighted by molar-refractivity contribution is -0.114. The summed E-state index contributed by atoms with van der Waals surface area (Å²) in [6.45, 7) is 6.82. The van der Waals surface area contributed by atoms with Crippen molar-refractivity contribution in [2.75, 3.05) is 6.54 Å². The van der Waals surface area contributed by atoms with E-state index in [1.165, 1.54) is 11.1 Å². The van der Waals surface area contributed by atoms with E-state index in [1.54, 1.807) is 0 Å². The molecule has 18 heavy (non-hydrogen) atoms. The van der Waals surface area contributed by atoms with Crippen LogP contribution in [0.25, 0.3) is 0 Å². The summed E-state index contributed by atoms with van der Waals surface area (Å²) in [5.74, 6) is 0.223. The molecule has 2 heteroatoms. The van der Waals surface area contributed by atoms with Gasteiger partial charge in [-0.2, -0.15) is 0 Å². The number of benzene rings is 1. The van der Waals surface area contributed by atoms with Gasteiger partial charge in [0.05, 0.1) is 5.60 Å². The van der Waals surface area contributed by atoms with Crippen LogP contribution in [0.1, 0.15) is 38.3 Å². The molecule has 1 aromatic rings. The summed E-state index contributed by atoms with van der Waals surface area (Å²) < 4.78 is 0. The topological polar surface area (TPSA) is 46.2 Å². The van der Waals surface area contributed by atoms with E-state index in [1.807, 2.05) is 0 Å². The number of rotatable bonds is 4. The first-order valence-corrected chi connectivity index (χ1v) is 6.98. The number of fused-ring (bicyclic) bond motifs is 1. The monoisotopic (exact) mass is 247 g/mol. The lowest BCUT2D eigenvalue weighted by atomic mass is 9.63. The lowest BCUT2D eigenvalue weighted by Crippen LogP contribution is -2.56. The Balaban J connectivity index is 2.42. The van der Waals surface area contributed by atoms with E-state index in [0.717, 1.165) is 19.3 Å². The molecule has 0 spiro atoms. The SMILES string of the molecule is CCC(O)(C(C)C)C1(CN)Cc2ccccc2C1. The standard InChI is InChI=1S/C16H25NO/c1-4-16(18,12(2)3)15(11-17)9-13-7-5-6-8-14(13)10-15/h5-8,12,18H,4,9-11,17H2,1-3H3. The van der Waals surface area contributed by atoms with Crippen LogP contribution in [-0.4, -0.2) is 17.3 Å². The van der Waals surface area contributed by atoms with E-state index in [2.05, 4.69) is 45.0 Å². The molecule has 2 nitrogen and oxygen atoms in total. The van der Waals surface area contributed by atoms with Crippen molar-refractivity contribution in [3.8, 4) is 0 Å². The minimum atomic E-state index is -0.680. The van der Waals surface area contributed by atoms with Crippen molar-refractivity contribution in [1.29, 1.82) is 0 Å². The second kappa shape index (κ2) is 4.67. The smallest absolute Gasteiger partial charge is 0.0742 e. The fourth-order valence-electron chi connectivity index (χ4n) is 3.72. The molecule has 3 N–H and O–H groups in total. The van der Waals surface area contributed by atoms with Gasteiger partial charge in [0.15, 0.2) is 0 Å². The maximum Gasteiger partial charge on any atom is 0.0742 e. The quantitative estimate of drug-likeness (QED) is 0.859. The summed E-state index contributed by atoms with van der Waals surface area (Å²) in [5, 5.41) is 11.1. The average molecular weight is 247 g/mol. The second-order valence-corrected chi connectivity index (χ2v) is 6.04. The third-order valence-electron chi connectivity index (χ3n) is 4.98. The fraction of sp³-hybridized carbons (Fsp3) is 0.625. The van der Waals surface area contributed by atoms with Crippen molar-refractivity contribution in [2.45, 2.75) is 45.6 Å². The molecule has 2 rings (SSSR count). The number of nitrogens with two attached hydrogens (primary N) is 1. The molecule has 1 aromatic carbocycles. The first-order chi connectivity index (χ1) is 8.49. The van der Waals surface area contributed by atoms with Gasteiger partial charge in [-0.05, 0) is 36.3 Å². The van der Waals surface area contributed by atoms with Crippen molar-refractivity contribution in [2.24, 2.45) is 17.1 Å². The van der Waals surface area contributed by atoms with E-state index < -0.39 is 5.60 Å². The van der Waals surface area contributed by atoms with Gasteiger partial charge in [0.1, 0.15) is 0 Å². The Morgan fingerprint density at radius 2 is 1.78 bits per heavy atom. The Labute approximate surface area is 110 Å². The Kier molecular flexibility index (Phi) is 3.52. The highest BCUT2D eigenvalue weighted by Gasteiger charge is 2.52. The Morgan fingerprint density at radius 1 is 1.28 bits per heavy atom. The van der Waals surface area contributed by atoms with E-state index in [0.29, 0.717) is 6.54 Å². The van der Waals surface area contributed by atoms with Crippen LogP contribution in [0.2, 0.25) is 0 Å². The molecule has 0 aromatic heterocycles. The fourth-order valence-corrected chi connectivity index (χ4v) is 3.72. The lowest BCUT2D eigenvalue weighted by Gasteiger charge is -2.47. The molecular formula is C16H25NO. The van der Waals surface area contributed by atoms with E-state index >= 15 is 0 Å².